The van der Waals surface area contributed by atoms with E-state index in [0.29, 0.717) is 12.2 Å². The van der Waals surface area contributed by atoms with Crippen molar-refractivity contribution in [3.63, 3.8) is 0 Å². The topological polar surface area (TPSA) is 66.8 Å². The SMILES string of the molecule is COc1cc(CC(C(=O)O)c2ccc(C)c(C)c2)ccc1O. The van der Waals surface area contributed by atoms with Crippen LogP contribution in [0, 0.1) is 13.8 Å². The number of hydrogen-bond donors (Lipinski definition) is 2. The van der Waals surface area contributed by atoms with E-state index in [1.807, 2.05) is 32.0 Å². The van der Waals surface area contributed by atoms with Crippen molar-refractivity contribution in [1.82, 2.24) is 0 Å². The Balaban J connectivity index is 2.33. The van der Waals surface area contributed by atoms with Gasteiger partial charge in [0.15, 0.2) is 11.5 Å². The Kier molecular flexibility index (Phi) is 4.71. The lowest BCUT2D eigenvalue weighted by molar-refractivity contribution is -0.138. The van der Waals surface area contributed by atoms with Gasteiger partial charge in [-0.3, -0.25) is 4.79 Å². The molecule has 0 saturated carbocycles. The molecule has 116 valence electrons. The number of rotatable bonds is 5. The average molecular weight is 300 g/mol. The number of aromatic hydroxyl groups is 1. The number of hydrogen-bond acceptors (Lipinski definition) is 3. The summed E-state index contributed by atoms with van der Waals surface area (Å²) >= 11 is 0. The number of methoxy groups -OCH3 is 1. The maximum atomic E-state index is 11.6. The van der Waals surface area contributed by atoms with Crippen molar-refractivity contribution in [2.45, 2.75) is 26.2 Å². The Bertz CT molecular complexity index is 691. The maximum absolute atomic E-state index is 11.6. The molecule has 1 atom stereocenters. The smallest absolute Gasteiger partial charge is 0.311 e. The third-order valence-corrected chi connectivity index (χ3v) is 3.92. The number of phenols is 1. The van der Waals surface area contributed by atoms with Crippen LogP contribution in [-0.2, 0) is 11.2 Å². The fourth-order valence-electron chi connectivity index (χ4n) is 2.41. The van der Waals surface area contributed by atoms with Gasteiger partial charge in [0.05, 0.1) is 13.0 Å². The number of aryl methyl sites for hydroxylation is 2. The second-order valence-corrected chi connectivity index (χ2v) is 5.44. The first-order valence-corrected chi connectivity index (χ1v) is 7.08. The van der Waals surface area contributed by atoms with Crippen LogP contribution < -0.4 is 4.74 Å². The first-order valence-electron chi connectivity index (χ1n) is 7.08. The molecule has 0 bridgehead atoms. The Morgan fingerprint density at radius 1 is 1.14 bits per heavy atom. The molecule has 0 heterocycles. The Morgan fingerprint density at radius 3 is 2.45 bits per heavy atom. The van der Waals surface area contributed by atoms with Gasteiger partial charge >= 0.3 is 5.97 Å². The van der Waals surface area contributed by atoms with Crippen molar-refractivity contribution in [1.29, 1.82) is 0 Å². The van der Waals surface area contributed by atoms with Gasteiger partial charge in [-0.1, -0.05) is 24.3 Å². The molecule has 2 aromatic rings. The molecule has 4 heteroatoms. The summed E-state index contributed by atoms with van der Waals surface area (Å²) in [5.74, 6) is -1.10. The van der Waals surface area contributed by atoms with E-state index in [-0.39, 0.29) is 5.75 Å². The minimum atomic E-state index is -0.865. The van der Waals surface area contributed by atoms with E-state index in [9.17, 15) is 15.0 Å². The van der Waals surface area contributed by atoms with E-state index in [1.54, 1.807) is 12.1 Å². The normalized spacial score (nSPS) is 12.0. The minimum Gasteiger partial charge on any atom is -0.504 e. The molecule has 0 aliphatic carbocycles. The zero-order valence-electron chi connectivity index (χ0n) is 13.0. The average Bonchev–Trinajstić information content (AvgIpc) is 2.49. The number of aliphatic carboxylic acids is 1. The molecule has 0 aliphatic heterocycles. The minimum absolute atomic E-state index is 0.0457. The van der Waals surface area contributed by atoms with Crippen LogP contribution in [0.1, 0.15) is 28.2 Å². The molecule has 0 spiro atoms. The standard InChI is InChI=1S/C18H20O4/c1-11-4-6-14(8-12(11)2)15(18(20)21)9-13-5-7-16(19)17(10-13)22-3/h4-8,10,15,19H,9H2,1-3H3,(H,20,21). The van der Waals surface area contributed by atoms with Crippen molar-refractivity contribution in [2.75, 3.05) is 7.11 Å². The highest BCUT2D eigenvalue weighted by Gasteiger charge is 2.21. The number of benzene rings is 2. The maximum Gasteiger partial charge on any atom is 0.311 e. The van der Waals surface area contributed by atoms with Gasteiger partial charge in [0.1, 0.15) is 0 Å². The summed E-state index contributed by atoms with van der Waals surface area (Å²) in [6.45, 7) is 3.97. The predicted octanol–water partition coefficient (Wildman–Crippen LogP) is 3.43. The van der Waals surface area contributed by atoms with Gasteiger partial charge in [-0.25, -0.2) is 0 Å². The van der Waals surface area contributed by atoms with Crippen molar-refractivity contribution in [3.05, 3.63) is 58.7 Å². The predicted molar refractivity (Wildman–Crippen MR) is 84.7 cm³/mol. The van der Waals surface area contributed by atoms with Crippen LogP contribution in [0.5, 0.6) is 11.5 Å². The summed E-state index contributed by atoms with van der Waals surface area (Å²) in [5.41, 5.74) is 3.80. The van der Waals surface area contributed by atoms with Gasteiger partial charge in [-0.05, 0) is 54.7 Å². The van der Waals surface area contributed by atoms with Crippen LogP contribution in [-0.4, -0.2) is 23.3 Å². The van der Waals surface area contributed by atoms with Gasteiger partial charge < -0.3 is 14.9 Å². The number of carbonyl (C=O) groups is 1. The van der Waals surface area contributed by atoms with Crippen LogP contribution in [0.15, 0.2) is 36.4 Å². The fraction of sp³-hybridized carbons (Fsp3) is 0.278. The second-order valence-electron chi connectivity index (χ2n) is 5.44. The highest BCUT2D eigenvalue weighted by atomic mass is 16.5. The monoisotopic (exact) mass is 300 g/mol. The molecule has 1 unspecified atom stereocenters. The van der Waals surface area contributed by atoms with Crippen LogP contribution in [0.3, 0.4) is 0 Å². The summed E-state index contributed by atoms with van der Waals surface area (Å²) in [6.07, 6.45) is 0.342. The van der Waals surface area contributed by atoms with E-state index < -0.39 is 11.9 Å². The second kappa shape index (κ2) is 6.52. The van der Waals surface area contributed by atoms with Crippen LogP contribution >= 0.6 is 0 Å². The molecule has 2 aromatic carbocycles. The molecular formula is C18H20O4. The molecule has 0 aromatic heterocycles. The van der Waals surface area contributed by atoms with Gasteiger partial charge in [-0.2, -0.15) is 0 Å². The van der Waals surface area contributed by atoms with E-state index in [0.717, 1.165) is 22.3 Å². The Labute approximate surface area is 130 Å². The zero-order valence-corrected chi connectivity index (χ0v) is 13.0. The molecule has 2 rings (SSSR count). The molecule has 0 aliphatic rings. The van der Waals surface area contributed by atoms with Crippen molar-refractivity contribution < 1.29 is 19.7 Å². The summed E-state index contributed by atoms with van der Waals surface area (Å²) in [6, 6.07) is 10.6. The number of ether oxygens (including phenoxy) is 1. The van der Waals surface area contributed by atoms with E-state index in [2.05, 4.69) is 0 Å². The van der Waals surface area contributed by atoms with Crippen LogP contribution in [0.25, 0.3) is 0 Å². The number of carboxylic acid groups (broad SMARTS) is 1. The molecule has 0 fully saturated rings. The van der Waals surface area contributed by atoms with E-state index >= 15 is 0 Å². The quantitative estimate of drug-likeness (QED) is 0.888. The highest BCUT2D eigenvalue weighted by Crippen LogP contribution is 2.30. The fourth-order valence-corrected chi connectivity index (χ4v) is 2.41. The summed E-state index contributed by atoms with van der Waals surface area (Å²) in [5, 5.41) is 19.2. The lowest BCUT2D eigenvalue weighted by Gasteiger charge is -2.15. The van der Waals surface area contributed by atoms with E-state index in [4.69, 9.17) is 4.74 Å². The zero-order chi connectivity index (χ0) is 16.3. The van der Waals surface area contributed by atoms with Crippen molar-refractivity contribution in [2.24, 2.45) is 0 Å². The third-order valence-electron chi connectivity index (χ3n) is 3.92. The lowest BCUT2D eigenvalue weighted by Crippen LogP contribution is -2.14. The lowest BCUT2D eigenvalue weighted by atomic mass is 9.90. The van der Waals surface area contributed by atoms with Crippen molar-refractivity contribution in [3.8, 4) is 11.5 Å². The van der Waals surface area contributed by atoms with Gasteiger partial charge in [0, 0.05) is 0 Å². The summed E-state index contributed by atoms with van der Waals surface area (Å²) < 4.78 is 5.07. The van der Waals surface area contributed by atoms with Crippen LogP contribution in [0.4, 0.5) is 0 Å². The molecule has 0 radical (unpaired) electrons. The molecule has 2 N–H and O–H groups in total. The molecule has 22 heavy (non-hydrogen) atoms. The molecule has 0 saturated heterocycles. The molecule has 4 nitrogen and oxygen atoms in total. The van der Waals surface area contributed by atoms with E-state index in [1.165, 1.54) is 13.2 Å². The van der Waals surface area contributed by atoms with Gasteiger partial charge in [0.2, 0.25) is 0 Å². The largest absolute Gasteiger partial charge is 0.504 e. The van der Waals surface area contributed by atoms with Crippen LogP contribution in [0.2, 0.25) is 0 Å². The summed E-state index contributed by atoms with van der Waals surface area (Å²) in [7, 11) is 1.47. The third kappa shape index (κ3) is 3.39. The van der Waals surface area contributed by atoms with Gasteiger partial charge in [-0.15, -0.1) is 0 Å². The highest BCUT2D eigenvalue weighted by molar-refractivity contribution is 5.76. The Hall–Kier alpha value is -2.49. The van der Waals surface area contributed by atoms with Gasteiger partial charge in [0.25, 0.3) is 0 Å². The molecular weight excluding hydrogens is 280 g/mol. The first-order chi connectivity index (χ1) is 10.4. The number of carboxylic acids is 1. The number of phenolic OH excluding ortho intramolecular Hbond substituents is 1. The molecule has 0 amide bonds. The first kappa shape index (κ1) is 15.9. The Morgan fingerprint density at radius 2 is 1.86 bits per heavy atom. The van der Waals surface area contributed by atoms with Crippen molar-refractivity contribution >= 4 is 5.97 Å². The summed E-state index contributed by atoms with van der Waals surface area (Å²) in [4.78, 5) is 11.6.